The van der Waals surface area contributed by atoms with Crippen LogP contribution in [0.15, 0.2) is 18.5 Å². The van der Waals surface area contributed by atoms with E-state index in [0.717, 1.165) is 36.8 Å². The molecule has 1 fully saturated rings. The molecule has 2 rings (SSSR count). The first kappa shape index (κ1) is 13.2. The monoisotopic (exact) mass is 246 g/mol. The Labute approximate surface area is 109 Å². The zero-order valence-electron chi connectivity index (χ0n) is 11.3. The van der Waals surface area contributed by atoms with E-state index in [1.54, 1.807) is 12.4 Å². The molecule has 0 spiro atoms. The molecule has 0 aliphatic heterocycles. The van der Waals surface area contributed by atoms with Crippen molar-refractivity contribution in [2.75, 3.05) is 6.54 Å². The number of hydrogen-bond acceptors (Lipinski definition) is 3. The van der Waals surface area contributed by atoms with Gasteiger partial charge in [0.2, 0.25) is 0 Å². The van der Waals surface area contributed by atoms with Gasteiger partial charge >= 0.3 is 0 Å². The molecule has 1 heterocycles. The molecular formula is C15H22N2O. The van der Waals surface area contributed by atoms with Crippen molar-refractivity contribution in [1.82, 2.24) is 4.98 Å². The number of carbonyl (C=O) groups excluding carboxylic acids is 1. The third kappa shape index (κ3) is 2.46. The molecule has 18 heavy (non-hydrogen) atoms. The Morgan fingerprint density at radius 3 is 2.67 bits per heavy atom. The first-order valence-electron chi connectivity index (χ1n) is 6.74. The summed E-state index contributed by atoms with van der Waals surface area (Å²) in [5, 5.41) is 0. The zero-order chi connectivity index (χ0) is 13.2. The first-order chi connectivity index (χ1) is 8.57. The van der Waals surface area contributed by atoms with Crippen molar-refractivity contribution in [3.05, 3.63) is 29.6 Å². The lowest BCUT2D eigenvalue weighted by Crippen LogP contribution is -2.41. The van der Waals surface area contributed by atoms with E-state index < -0.39 is 0 Å². The van der Waals surface area contributed by atoms with E-state index in [2.05, 4.69) is 11.9 Å². The fraction of sp³-hybridized carbons (Fsp3) is 0.600. The summed E-state index contributed by atoms with van der Waals surface area (Å²) in [5.74, 6) is 0.904. The highest BCUT2D eigenvalue weighted by Crippen LogP contribution is 2.40. The highest BCUT2D eigenvalue weighted by molar-refractivity contribution is 6.00. The largest absolute Gasteiger partial charge is 0.329 e. The molecular weight excluding hydrogens is 224 g/mol. The van der Waals surface area contributed by atoms with Gasteiger partial charge in [0.15, 0.2) is 5.78 Å². The normalized spacial score (nSPS) is 28.1. The number of pyridine rings is 1. The van der Waals surface area contributed by atoms with Crippen LogP contribution in [0.1, 0.15) is 48.5 Å². The van der Waals surface area contributed by atoms with Gasteiger partial charge in [-0.05, 0) is 50.2 Å². The van der Waals surface area contributed by atoms with Gasteiger partial charge in [0.1, 0.15) is 0 Å². The first-order valence-corrected chi connectivity index (χ1v) is 6.74. The van der Waals surface area contributed by atoms with Gasteiger partial charge in [-0.25, -0.2) is 0 Å². The van der Waals surface area contributed by atoms with Crippen LogP contribution in [0, 0.1) is 18.3 Å². The second-order valence-electron chi connectivity index (χ2n) is 5.75. The second kappa shape index (κ2) is 5.19. The third-order valence-electron chi connectivity index (χ3n) is 4.24. The zero-order valence-corrected chi connectivity index (χ0v) is 11.3. The summed E-state index contributed by atoms with van der Waals surface area (Å²) in [6.45, 7) is 4.66. The van der Waals surface area contributed by atoms with E-state index in [1.807, 2.05) is 13.0 Å². The Hall–Kier alpha value is -1.22. The molecule has 0 saturated heterocycles. The van der Waals surface area contributed by atoms with Crippen LogP contribution in [0.2, 0.25) is 0 Å². The Morgan fingerprint density at radius 1 is 1.44 bits per heavy atom. The van der Waals surface area contributed by atoms with E-state index >= 15 is 0 Å². The van der Waals surface area contributed by atoms with Crippen molar-refractivity contribution in [3.63, 3.8) is 0 Å². The number of nitrogens with two attached hydrogens (primary N) is 1. The highest BCUT2D eigenvalue weighted by atomic mass is 16.1. The molecule has 98 valence electrons. The third-order valence-corrected chi connectivity index (χ3v) is 4.24. The Bertz CT molecular complexity index is 434. The average molecular weight is 246 g/mol. The molecule has 0 amide bonds. The Morgan fingerprint density at radius 2 is 2.11 bits per heavy atom. The molecule has 0 aromatic carbocycles. The molecule has 0 bridgehead atoms. The predicted octanol–water partition coefficient (Wildman–Crippen LogP) is 2.73. The van der Waals surface area contributed by atoms with Crippen LogP contribution in [0.5, 0.6) is 0 Å². The molecule has 0 atom stereocenters. The number of carbonyl (C=O) groups is 1. The number of Topliss-reactive ketones (excluding diaryl/α,β-unsaturated/α-hetero) is 1. The summed E-state index contributed by atoms with van der Waals surface area (Å²) in [6, 6.07) is 1.92. The van der Waals surface area contributed by atoms with Crippen LogP contribution in [0.4, 0.5) is 0 Å². The number of hydrogen-bond donors (Lipinski definition) is 1. The minimum Gasteiger partial charge on any atom is -0.329 e. The van der Waals surface area contributed by atoms with E-state index in [-0.39, 0.29) is 11.2 Å². The Balaban J connectivity index is 2.25. The summed E-state index contributed by atoms with van der Waals surface area (Å²) >= 11 is 0. The molecule has 1 saturated carbocycles. The van der Waals surface area contributed by atoms with Crippen LogP contribution in [0.3, 0.4) is 0 Å². The van der Waals surface area contributed by atoms with E-state index in [4.69, 9.17) is 5.73 Å². The molecule has 3 heteroatoms. The topological polar surface area (TPSA) is 56.0 Å². The molecule has 0 radical (unpaired) electrons. The second-order valence-corrected chi connectivity index (χ2v) is 5.75. The van der Waals surface area contributed by atoms with Crippen LogP contribution in [-0.2, 0) is 0 Å². The summed E-state index contributed by atoms with van der Waals surface area (Å²) in [7, 11) is 0. The van der Waals surface area contributed by atoms with Crippen molar-refractivity contribution < 1.29 is 4.79 Å². The summed E-state index contributed by atoms with van der Waals surface area (Å²) in [5.41, 5.74) is 7.32. The maximum atomic E-state index is 12.7. The summed E-state index contributed by atoms with van der Waals surface area (Å²) < 4.78 is 0. The van der Waals surface area contributed by atoms with E-state index in [1.165, 1.54) is 0 Å². The molecule has 1 aliphatic rings. The minimum atomic E-state index is -0.345. The van der Waals surface area contributed by atoms with Crippen molar-refractivity contribution in [3.8, 4) is 0 Å². The smallest absolute Gasteiger partial charge is 0.171 e. The predicted molar refractivity (Wildman–Crippen MR) is 72.4 cm³/mol. The molecule has 1 aliphatic carbocycles. The van der Waals surface area contributed by atoms with Crippen LogP contribution in [0.25, 0.3) is 0 Å². The number of ketones is 1. The van der Waals surface area contributed by atoms with Gasteiger partial charge in [0.25, 0.3) is 0 Å². The van der Waals surface area contributed by atoms with Crippen LogP contribution < -0.4 is 5.73 Å². The van der Waals surface area contributed by atoms with Gasteiger partial charge < -0.3 is 5.73 Å². The fourth-order valence-electron chi connectivity index (χ4n) is 2.82. The maximum Gasteiger partial charge on any atom is 0.171 e. The maximum absolute atomic E-state index is 12.7. The molecule has 0 unspecified atom stereocenters. The van der Waals surface area contributed by atoms with Gasteiger partial charge in [-0.15, -0.1) is 0 Å². The molecule has 3 nitrogen and oxygen atoms in total. The standard InChI is InChI=1S/C15H22N2O/c1-11-3-5-15(10-16,6-4-11)14(18)13-7-12(2)8-17-9-13/h7-9,11H,3-6,10,16H2,1-2H3. The molecule has 2 N–H and O–H groups in total. The SMILES string of the molecule is Cc1cncc(C(=O)C2(CN)CCC(C)CC2)c1. The quantitative estimate of drug-likeness (QED) is 0.834. The van der Waals surface area contributed by atoms with Gasteiger partial charge in [0, 0.05) is 29.9 Å². The van der Waals surface area contributed by atoms with Crippen molar-refractivity contribution in [2.45, 2.75) is 39.5 Å². The van der Waals surface area contributed by atoms with Crippen LogP contribution >= 0.6 is 0 Å². The van der Waals surface area contributed by atoms with E-state index in [0.29, 0.717) is 12.5 Å². The van der Waals surface area contributed by atoms with Crippen molar-refractivity contribution >= 4 is 5.78 Å². The van der Waals surface area contributed by atoms with Gasteiger partial charge in [-0.3, -0.25) is 9.78 Å². The average Bonchev–Trinajstić information content (AvgIpc) is 2.39. The summed E-state index contributed by atoms with van der Waals surface area (Å²) in [6.07, 6.45) is 7.47. The highest BCUT2D eigenvalue weighted by Gasteiger charge is 2.40. The molecule has 1 aromatic heterocycles. The lowest BCUT2D eigenvalue weighted by Gasteiger charge is -2.37. The minimum absolute atomic E-state index is 0.188. The summed E-state index contributed by atoms with van der Waals surface area (Å²) in [4.78, 5) is 16.8. The molecule has 1 aromatic rings. The number of rotatable bonds is 3. The number of nitrogens with zero attached hydrogens (tertiary/aromatic N) is 1. The number of aryl methyl sites for hydroxylation is 1. The number of aromatic nitrogens is 1. The van der Waals surface area contributed by atoms with Gasteiger partial charge in [-0.1, -0.05) is 6.92 Å². The van der Waals surface area contributed by atoms with Crippen LogP contribution in [-0.4, -0.2) is 17.3 Å². The fourth-order valence-corrected chi connectivity index (χ4v) is 2.82. The lowest BCUT2D eigenvalue weighted by molar-refractivity contribution is 0.0695. The Kier molecular flexibility index (Phi) is 3.81. The van der Waals surface area contributed by atoms with Gasteiger partial charge in [-0.2, -0.15) is 0 Å². The van der Waals surface area contributed by atoms with Crippen molar-refractivity contribution in [1.29, 1.82) is 0 Å². The van der Waals surface area contributed by atoms with Gasteiger partial charge in [0.05, 0.1) is 0 Å². The van der Waals surface area contributed by atoms with Crippen molar-refractivity contribution in [2.24, 2.45) is 17.1 Å². The lowest BCUT2D eigenvalue weighted by atomic mass is 9.67. The van der Waals surface area contributed by atoms with E-state index in [9.17, 15) is 4.79 Å².